The van der Waals surface area contributed by atoms with E-state index in [1.54, 1.807) is 0 Å². The molecule has 5 atom stereocenters. The van der Waals surface area contributed by atoms with Gasteiger partial charge in [0.15, 0.2) is 24.4 Å². The van der Waals surface area contributed by atoms with Gasteiger partial charge in [-0.3, -0.25) is 14.4 Å². The molecular formula is C13H17FO9. The van der Waals surface area contributed by atoms with Gasteiger partial charge in [-0.05, 0) is 0 Å². The normalized spacial score (nSPS) is 30.0. The first-order valence-corrected chi connectivity index (χ1v) is 6.56. The Hall–Kier alpha value is -2.23. The fourth-order valence-electron chi connectivity index (χ4n) is 2.07. The maximum atomic E-state index is 14.1. The summed E-state index contributed by atoms with van der Waals surface area (Å²) in [5.41, 5.74) is 0. The topological polar surface area (TPSA) is 114 Å². The van der Waals surface area contributed by atoms with Crippen LogP contribution in [0.1, 0.15) is 20.8 Å². The predicted octanol–water partition coefficient (Wildman–Crippen LogP) is -0.351. The molecule has 1 aliphatic rings. The van der Waals surface area contributed by atoms with Crippen LogP contribution in [0.2, 0.25) is 0 Å². The number of carbonyl (C=O) groups excluding carboxylic acids is 4. The largest absolute Gasteiger partial charge is 0.467 e. The highest BCUT2D eigenvalue weighted by Crippen LogP contribution is 2.30. The first kappa shape index (κ1) is 18.8. The maximum Gasteiger partial charge on any atom is 0.339 e. The molecule has 0 spiro atoms. The van der Waals surface area contributed by atoms with E-state index in [0.29, 0.717) is 0 Å². The van der Waals surface area contributed by atoms with Crippen LogP contribution < -0.4 is 0 Å². The molecule has 0 N–H and O–H groups in total. The molecule has 1 rings (SSSR count). The number of esters is 4. The van der Waals surface area contributed by atoms with E-state index in [2.05, 4.69) is 4.74 Å². The fraction of sp³-hybridized carbons (Fsp3) is 0.692. The molecule has 10 heteroatoms. The summed E-state index contributed by atoms with van der Waals surface area (Å²) in [6.45, 7) is 3.05. The summed E-state index contributed by atoms with van der Waals surface area (Å²) in [7, 11) is 1.02. The zero-order valence-electron chi connectivity index (χ0n) is 12.9. The summed E-state index contributed by atoms with van der Waals surface area (Å²) in [6, 6.07) is 0. The number of alkyl halides is 1. The zero-order chi connectivity index (χ0) is 17.7. The molecular weight excluding hydrogens is 319 g/mol. The summed E-state index contributed by atoms with van der Waals surface area (Å²) in [5, 5.41) is 0. The van der Waals surface area contributed by atoms with Crippen molar-refractivity contribution in [2.24, 2.45) is 0 Å². The number of hydrogen-bond donors (Lipinski definition) is 0. The Labute approximate surface area is 130 Å². The summed E-state index contributed by atoms with van der Waals surface area (Å²) >= 11 is 0. The highest BCUT2D eigenvalue weighted by Gasteiger charge is 2.55. The average Bonchev–Trinajstić information content (AvgIpc) is 2.43. The highest BCUT2D eigenvalue weighted by molar-refractivity contribution is 5.77. The Bertz CT molecular complexity index is 492. The number of methoxy groups -OCH3 is 1. The molecule has 0 aliphatic carbocycles. The summed E-state index contributed by atoms with van der Waals surface area (Å²) in [5.74, 6) is -3.63. The van der Waals surface area contributed by atoms with Crippen molar-refractivity contribution in [3.05, 3.63) is 0 Å². The minimum absolute atomic E-state index is 0.844. The van der Waals surface area contributed by atoms with E-state index in [1.165, 1.54) is 0 Å². The average molecular weight is 336 g/mol. The van der Waals surface area contributed by atoms with E-state index in [1.807, 2.05) is 0 Å². The van der Waals surface area contributed by atoms with Gasteiger partial charge in [0.1, 0.15) is 0 Å². The third-order valence-corrected chi connectivity index (χ3v) is 2.82. The number of halogens is 1. The molecule has 1 fully saturated rings. The summed E-state index contributed by atoms with van der Waals surface area (Å²) < 4.78 is 37.9. The van der Waals surface area contributed by atoms with Crippen molar-refractivity contribution in [1.82, 2.24) is 0 Å². The number of hydrogen-bond acceptors (Lipinski definition) is 9. The van der Waals surface area contributed by atoms with Crippen molar-refractivity contribution >= 4 is 23.9 Å². The van der Waals surface area contributed by atoms with Gasteiger partial charge < -0.3 is 23.7 Å². The van der Waals surface area contributed by atoms with Gasteiger partial charge in [-0.25, -0.2) is 9.18 Å². The fourth-order valence-corrected chi connectivity index (χ4v) is 2.07. The molecule has 9 nitrogen and oxygen atoms in total. The van der Waals surface area contributed by atoms with Crippen LogP contribution in [0.25, 0.3) is 0 Å². The Kier molecular flexibility index (Phi) is 6.43. The summed E-state index contributed by atoms with van der Waals surface area (Å²) in [6.07, 6.45) is -8.80. The van der Waals surface area contributed by atoms with Gasteiger partial charge in [-0.1, -0.05) is 0 Å². The number of ether oxygens (including phenoxy) is 5. The molecule has 0 bridgehead atoms. The van der Waals surface area contributed by atoms with E-state index in [-0.39, 0.29) is 0 Å². The van der Waals surface area contributed by atoms with E-state index in [0.717, 1.165) is 27.9 Å². The maximum absolute atomic E-state index is 14.1. The number of carbonyl (C=O) groups is 4. The molecule has 0 aromatic heterocycles. The van der Waals surface area contributed by atoms with E-state index in [9.17, 15) is 23.6 Å². The second-order valence-electron chi connectivity index (χ2n) is 4.65. The Morgan fingerprint density at radius 1 is 0.826 bits per heavy atom. The molecule has 1 saturated heterocycles. The van der Waals surface area contributed by atoms with E-state index >= 15 is 0 Å². The van der Waals surface area contributed by atoms with Crippen LogP contribution in [0, 0.1) is 0 Å². The standard InChI is InChI=1S/C13H17FO9/c1-5(15)20-8-9(21-6(2)16)11(13(18)19-4)23-12(14)10(8)22-7(3)17/h8-12H,1-4H3/t8?,9-,10-,11?,12+/m0/s1. The van der Waals surface area contributed by atoms with Crippen LogP contribution in [-0.2, 0) is 42.9 Å². The Morgan fingerprint density at radius 2 is 1.26 bits per heavy atom. The molecule has 0 saturated carbocycles. The molecule has 1 heterocycles. The van der Waals surface area contributed by atoms with Crippen molar-refractivity contribution in [1.29, 1.82) is 0 Å². The minimum Gasteiger partial charge on any atom is -0.467 e. The SMILES string of the molecule is COC(=O)C1O[C@@H](F)[C@@H](OC(C)=O)C(OC(C)=O)[C@@H]1OC(C)=O. The third kappa shape index (κ3) is 4.88. The quantitative estimate of drug-likeness (QED) is 0.502. The van der Waals surface area contributed by atoms with Crippen LogP contribution in [0.15, 0.2) is 0 Å². The Morgan fingerprint density at radius 3 is 1.70 bits per heavy atom. The first-order chi connectivity index (χ1) is 10.7. The number of rotatable bonds is 4. The molecule has 130 valence electrons. The molecule has 2 unspecified atom stereocenters. The van der Waals surface area contributed by atoms with E-state index in [4.69, 9.17) is 18.9 Å². The minimum atomic E-state index is -2.29. The van der Waals surface area contributed by atoms with Gasteiger partial charge in [0.2, 0.25) is 6.36 Å². The first-order valence-electron chi connectivity index (χ1n) is 6.56. The van der Waals surface area contributed by atoms with Crippen LogP contribution in [0.3, 0.4) is 0 Å². The van der Waals surface area contributed by atoms with Gasteiger partial charge in [0.25, 0.3) is 0 Å². The Balaban J connectivity index is 3.21. The van der Waals surface area contributed by atoms with E-state index < -0.39 is 54.7 Å². The van der Waals surface area contributed by atoms with Gasteiger partial charge in [-0.2, -0.15) is 0 Å². The smallest absolute Gasteiger partial charge is 0.339 e. The lowest BCUT2D eigenvalue weighted by Gasteiger charge is -2.40. The van der Waals surface area contributed by atoms with Crippen LogP contribution in [0.5, 0.6) is 0 Å². The van der Waals surface area contributed by atoms with Crippen molar-refractivity contribution in [3.63, 3.8) is 0 Å². The highest BCUT2D eigenvalue weighted by atomic mass is 19.1. The molecule has 0 amide bonds. The third-order valence-electron chi connectivity index (χ3n) is 2.82. The molecule has 0 radical (unpaired) electrons. The lowest BCUT2D eigenvalue weighted by molar-refractivity contribution is -0.271. The van der Waals surface area contributed by atoms with Crippen molar-refractivity contribution in [3.8, 4) is 0 Å². The predicted molar refractivity (Wildman–Crippen MR) is 68.4 cm³/mol. The van der Waals surface area contributed by atoms with Gasteiger partial charge in [0.05, 0.1) is 7.11 Å². The van der Waals surface area contributed by atoms with Gasteiger partial charge in [0, 0.05) is 20.8 Å². The molecule has 0 aromatic rings. The lowest BCUT2D eigenvalue weighted by atomic mass is 9.98. The van der Waals surface area contributed by atoms with Crippen LogP contribution in [-0.4, -0.2) is 61.8 Å². The van der Waals surface area contributed by atoms with Crippen molar-refractivity contribution in [2.45, 2.75) is 51.5 Å². The second kappa shape index (κ2) is 7.86. The van der Waals surface area contributed by atoms with Crippen molar-refractivity contribution < 1.29 is 47.3 Å². The van der Waals surface area contributed by atoms with Gasteiger partial charge in [-0.15, -0.1) is 0 Å². The van der Waals surface area contributed by atoms with Gasteiger partial charge >= 0.3 is 23.9 Å². The monoisotopic (exact) mass is 336 g/mol. The van der Waals surface area contributed by atoms with Crippen LogP contribution >= 0.6 is 0 Å². The van der Waals surface area contributed by atoms with Crippen molar-refractivity contribution in [2.75, 3.05) is 7.11 Å². The lowest BCUT2D eigenvalue weighted by Crippen LogP contribution is -2.62. The second-order valence-corrected chi connectivity index (χ2v) is 4.65. The molecule has 23 heavy (non-hydrogen) atoms. The van der Waals surface area contributed by atoms with Crippen LogP contribution in [0.4, 0.5) is 4.39 Å². The summed E-state index contributed by atoms with van der Waals surface area (Å²) in [4.78, 5) is 45.3. The zero-order valence-corrected chi connectivity index (χ0v) is 12.9. The molecule has 1 aliphatic heterocycles. The molecule has 0 aromatic carbocycles.